The van der Waals surface area contributed by atoms with Crippen molar-refractivity contribution < 1.29 is 4.42 Å². The van der Waals surface area contributed by atoms with Crippen LogP contribution in [0.15, 0.2) is 22.8 Å². The van der Waals surface area contributed by atoms with E-state index in [9.17, 15) is 0 Å². The molecule has 5 nitrogen and oxygen atoms in total. The Morgan fingerprint density at radius 3 is 3.00 bits per heavy atom. The van der Waals surface area contributed by atoms with Crippen LogP contribution in [0.4, 0.5) is 11.6 Å². The fourth-order valence-corrected chi connectivity index (χ4v) is 1.74. The number of nitrogens with one attached hydrogen (secondary N) is 2. The zero-order valence-electron chi connectivity index (χ0n) is 10.2. The van der Waals surface area contributed by atoms with Crippen LogP contribution in [-0.2, 0) is 6.42 Å². The quantitative estimate of drug-likeness (QED) is 0.741. The Balaban J connectivity index is 1.85. The number of anilines is 2. The van der Waals surface area contributed by atoms with E-state index in [0.717, 1.165) is 30.2 Å². The van der Waals surface area contributed by atoms with Gasteiger partial charge in [0.15, 0.2) is 5.82 Å². The van der Waals surface area contributed by atoms with E-state index in [4.69, 9.17) is 10.2 Å². The molecule has 0 fully saturated rings. The lowest BCUT2D eigenvalue weighted by atomic mass is 10.1. The third-order valence-electron chi connectivity index (χ3n) is 2.64. The summed E-state index contributed by atoms with van der Waals surface area (Å²) in [7, 11) is 0. The van der Waals surface area contributed by atoms with Crippen molar-refractivity contribution in [2.75, 3.05) is 11.1 Å². The molecule has 1 unspecified atom stereocenters. The summed E-state index contributed by atoms with van der Waals surface area (Å²) in [5.41, 5.74) is 5.78. The van der Waals surface area contributed by atoms with Gasteiger partial charge in [-0.3, -0.25) is 0 Å². The Labute approximate surface area is 100 Å². The minimum Gasteiger partial charge on any atom is -0.469 e. The van der Waals surface area contributed by atoms with E-state index in [1.54, 1.807) is 6.26 Å². The molecule has 5 heteroatoms. The van der Waals surface area contributed by atoms with Gasteiger partial charge in [0.05, 0.1) is 6.26 Å². The number of imidazole rings is 1. The van der Waals surface area contributed by atoms with E-state index in [0.29, 0.717) is 11.9 Å². The van der Waals surface area contributed by atoms with Gasteiger partial charge >= 0.3 is 0 Å². The Bertz CT molecular complexity index is 461. The summed E-state index contributed by atoms with van der Waals surface area (Å²) >= 11 is 0. The maximum absolute atomic E-state index is 5.78. The van der Waals surface area contributed by atoms with Gasteiger partial charge in [-0.25, -0.2) is 4.98 Å². The maximum atomic E-state index is 5.78. The maximum Gasteiger partial charge on any atom is 0.168 e. The normalized spacial score (nSPS) is 12.6. The molecule has 2 heterocycles. The highest BCUT2D eigenvalue weighted by Gasteiger charge is 2.09. The van der Waals surface area contributed by atoms with Crippen LogP contribution >= 0.6 is 0 Å². The molecule has 2 aromatic heterocycles. The molecule has 1 atom stereocenters. The molecule has 0 aliphatic heterocycles. The van der Waals surface area contributed by atoms with Crippen molar-refractivity contribution in [3.63, 3.8) is 0 Å². The highest BCUT2D eigenvalue weighted by atomic mass is 16.3. The van der Waals surface area contributed by atoms with Gasteiger partial charge in [0.2, 0.25) is 0 Å². The Kier molecular flexibility index (Phi) is 3.37. The third kappa shape index (κ3) is 3.03. The Hall–Kier alpha value is -1.91. The second-order valence-electron chi connectivity index (χ2n) is 4.25. The van der Waals surface area contributed by atoms with Crippen molar-refractivity contribution in [3.05, 3.63) is 30.0 Å². The summed E-state index contributed by atoms with van der Waals surface area (Å²) in [6.07, 6.45) is 3.58. The molecule has 0 bridgehead atoms. The predicted molar refractivity (Wildman–Crippen MR) is 67.9 cm³/mol. The summed E-state index contributed by atoms with van der Waals surface area (Å²) in [4.78, 5) is 7.25. The number of aryl methyl sites for hydroxylation is 2. The van der Waals surface area contributed by atoms with Gasteiger partial charge in [-0.15, -0.1) is 0 Å². The van der Waals surface area contributed by atoms with Crippen LogP contribution in [0.25, 0.3) is 0 Å². The lowest BCUT2D eigenvalue weighted by Crippen LogP contribution is -2.17. The van der Waals surface area contributed by atoms with E-state index in [1.165, 1.54) is 0 Å². The van der Waals surface area contributed by atoms with Crippen LogP contribution in [0.5, 0.6) is 0 Å². The van der Waals surface area contributed by atoms with Crippen LogP contribution in [0, 0.1) is 6.92 Å². The number of hydrogen-bond donors (Lipinski definition) is 3. The molecule has 2 aromatic rings. The first-order valence-electron chi connectivity index (χ1n) is 5.76. The van der Waals surface area contributed by atoms with Crippen LogP contribution in [0.2, 0.25) is 0 Å². The lowest BCUT2D eigenvalue weighted by molar-refractivity contribution is 0.495. The molecule has 0 aromatic carbocycles. The average molecular weight is 234 g/mol. The number of aromatic nitrogens is 2. The number of hydrogen-bond acceptors (Lipinski definition) is 4. The van der Waals surface area contributed by atoms with Gasteiger partial charge < -0.3 is 20.5 Å². The molecule has 0 saturated carbocycles. The number of aromatic amines is 1. The first-order valence-corrected chi connectivity index (χ1v) is 5.76. The zero-order valence-corrected chi connectivity index (χ0v) is 10.2. The molecule has 0 radical (unpaired) electrons. The van der Waals surface area contributed by atoms with Crippen LogP contribution in [0.1, 0.15) is 24.9 Å². The minimum absolute atomic E-state index is 0.296. The van der Waals surface area contributed by atoms with Crippen LogP contribution < -0.4 is 11.1 Å². The molecule has 92 valence electrons. The molecule has 0 aliphatic rings. The van der Waals surface area contributed by atoms with Gasteiger partial charge in [0.25, 0.3) is 0 Å². The first-order chi connectivity index (χ1) is 8.15. The molecule has 0 aliphatic carbocycles. The zero-order chi connectivity index (χ0) is 12.3. The summed E-state index contributed by atoms with van der Waals surface area (Å²) in [6, 6.07) is 4.19. The lowest BCUT2D eigenvalue weighted by Gasteiger charge is -2.12. The van der Waals surface area contributed by atoms with Crippen LogP contribution in [-0.4, -0.2) is 16.0 Å². The highest BCUT2D eigenvalue weighted by Crippen LogP contribution is 2.16. The fourth-order valence-electron chi connectivity index (χ4n) is 1.74. The fraction of sp³-hybridized carbons (Fsp3) is 0.417. The number of rotatable bonds is 5. The Morgan fingerprint density at radius 2 is 2.41 bits per heavy atom. The van der Waals surface area contributed by atoms with E-state index in [1.807, 2.05) is 19.1 Å². The van der Waals surface area contributed by atoms with Crippen molar-refractivity contribution >= 4 is 11.6 Å². The largest absolute Gasteiger partial charge is 0.469 e. The number of nitrogens with zero attached hydrogens (tertiary/aromatic N) is 1. The average Bonchev–Trinajstić information content (AvgIpc) is 2.87. The SMILES string of the molecule is Cc1nc(NC(C)CCc2ccco2)c(N)[nH]1. The molecule has 17 heavy (non-hydrogen) atoms. The highest BCUT2D eigenvalue weighted by molar-refractivity contribution is 5.57. The van der Waals surface area contributed by atoms with E-state index in [2.05, 4.69) is 22.2 Å². The third-order valence-corrected chi connectivity index (χ3v) is 2.64. The van der Waals surface area contributed by atoms with Crippen molar-refractivity contribution in [1.82, 2.24) is 9.97 Å². The van der Waals surface area contributed by atoms with E-state index in [-0.39, 0.29) is 0 Å². The minimum atomic E-state index is 0.296. The van der Waals surface area contributed by atoms with Gasteiger partial charge in [-0.1, -0.05) is 0 Å². The van der Waals surface area contributed by atoms with Crippen molar-refractivity contribution in [2.24, 2.45) is 0 Å². The van der Waals surface area contributed by atoms with E-state index >= 15 is 0 Å². The molecule has 0 amide bonds. The van der Waals surface area contributed by atoms with Crippen LogP contribution in [0.3, 0.4) is 0 Å². The molecule has 0 spiro atoms. The predicted octanol–water partition coefficient (Wildman–Crippen LogP) is 2.33. The van der Waals surface area contributed by atoms with Gasteiger partial charge in [0, 0.05) is 12.5 Å². The number of nitrogen functional groups attached to an aromatic ring is 1. The Morgan fingerprint density at radius 1 is 1.59 bits per heavy atom. The second-order valence-corrected chi connectivity index (χ2v) is 4.25. The molecule has 0 saturated heterocycles. The molecular formula is C12H18N4O. The topological polar surface area (TPSA) is 79.9 Å². The monoisotopic (exact) mass is 234 g/mol. The second kappa shape index (κ2) is 4.95. The van der Waals surface area contributed by atoms with E-state index < -0.39 is 0 Å². The van der Waals surface area contributed by atoms with Gasteiger partial charge in [0.1, 0.15) is 17.4 Å². The summed E-state index contributed by atoms with van der Waals surface area (Å²) in [6.45, 7) is 3.99. The molecule has 4 N–H and O–H groups in total. The number of H-pyrrole nitrogens is 1. The van der Waals surface area contributed by atoms with Crippen molar-refractivity contribution in [2.45, 2.75) is 32.7 Å². The number of furan rings is 1. The van der Waals surface area contributed by atoms with Crippen molar-refractivity contribution in [1.29, 1.82) is 0 Å². The number of nitrogens with two attached hydrogens (primary N) is 1. The summed E-state index contributed by atoms with van der Waals surface area (Å²) in [5.74, 6) is 3.15. The smallest absolute Gasteiger partial charge is 0.168 e. The summed E-state index contributed by atoms with van der Waals surface area (Å²) < 4.78 is 5.29. The van der Waals surface area contributed by atoms with Gasteiger partial charge in [-0.05, 0) is 32.4 Å². The summed E-state index contributed by atoms with van der Waals surface area (Å²) in [5, 5.41) is 3.28. The first kappa shape index (κ1) is 11.6. The van der Waals surface area contributed by atoms with Crippen molar-refractivity contribution in [3.8, 4) is 0 Å². The van der Waals surface area contributed by atoms with Gasteiger partial charge in [-0.2, -0.15) is 0 Å². The molecular weight excluding hydrogens is 216 g/mol. The standard InChI is InChI=1S/C12H18N4O/c1-8(5-6-10-4-3-7-17-10)14-12-11(13)15-9(2)16-12/h3-4,7-8,14H,5-6,13H2,1-2H3,(H,15,16). The molecule has 2 rings (SSSR count).